The molecule has 0 bridgehead atoms. The van der Waals surface area contributed by atoms with E-state index in [1.165, 1.54) is 4.90 Å². The van der Waals surface area contributed by atoms with Crippen molar-refractivity contribution in [3.63, 3.8) is 0 Å². The van der Waals surface area contributed by atoms with Gasteiger partial charge in [-0.3, -0.25) is 9.69 Å². The average Bonchev–Trinajstić information content (AvgIpc) is 3.15. The molecular formula is C24H21Cl2N3O2. The fourth-order valence-corrected chi connectivity index (χ4v) is 3.99. The number of halogens is 2. The quantitative estimate of drug-likeness (QED) is 0.400. The van der Waals surface area contributed by atoms with Crippen LogP contribution in [0.25, 0.3) is 11.8 Å². The average molecular weight is 454 g/mol. The highest BCUT2D eigenvalue weighted by Gasteiger charge is 2.33. The molecular weight excluding hydrogens is 433 g/mol. The fraction of sp³-hybridized carbons (Fsp3) is 0.167. The van der Waals surface area contributed by atoms with Crippen molar-refractivity contribution in [2.75, 3.05) is 0 Å². The topological polar surface area (TPSA) is 54.3 Å². The van der Waals surface area contributed by atoms with E-state index in [2.05, 4.69) is 5.32 Å². The Labute approximate surface area is 190 Å². The van der Waals surface area contributed by atoms with Gasteiger partial charge in [0, 0.05) is 17.1 Å². The number of carbonyl (C=O) groups is 2. The molecule has 0 aliphatic carbocycles. The molecule has 31 heavy (non-hydrogen) atoms. The standard InChI is InChI=1S/C24H21Cl2N3O2/c1-14-4-6-17(7-5-14)13-28-23(30)22(27-24(28)31)11-18-10-15(2)29(16(18)3)19-8-9-20(25)21(26)12-19/h4-12H,13H2,1-3H3,(H,27,31)/b22-11-. The molecule has 3 aromatic rings. The number of nitrogens with one attached hydrogen (secondary N) is 1. The van der Waals surface area contributed by atoms with Gasteiger partial charge < -0.3 is 9.88 Å². The first-order valence-electron chi connectivity index (χ1n) is 9.79. The molecule has 7 heteroatoms. The summed E-state index contributed by atoms with van der Waals surface area (Å²) in [6.07, 6.45) is 1.71. The normalized spacial score (nSPS) is 15.1. The molecule has 1 N–H and O–H groups in total. The second kappa shape index (κ2) is 8.25. The van der Waals surface area contributed by atoms with E-state index in [0.29, 0.717) is 10.0 Å². The molecule has 4 rings (SSSR count). The first-order valence-corrected chi connectivity index (χ1v) is 10.5. The molecule has 2 heterocycles. The summed E-state index contributed by atoms with van der Waals surface area (Å²) in [6.45, 7) is 6.14. The van der Waals surface area contributed by atoms with Crippen molar-refractivity contribution >= 4 is 41.2 Å². The van der Waals surface area contributed by atoms with E-state index in [0.717, 1.165) is 33.8 Å². The Kier molecular flexibility index (Phi) is 5.65. The second-order valence-electron chi connectivity index (χ2n) is 7.63. The van der Waals surface area contributed by atoms with Crippen LogP contribution in [0.2, 0.25) is 10.0 Å². The first kappa shape index (κ1) is 21.2. The maximum atomic E-state index is 12.9. The van der Waals surface area contributed by atoms with Crippen molar-refractivity contribution in [1.82, 2.24) is 14.8 Å². The summed E-state index contributed by atoms with van der Waals surface area (Å²) in [7, 11) is 0. The molecule has 158 valence electrons. The monoisotopic (exact) mass is 453 g/mol. The Balaban J connectivity index is 1.63. The van der Waals surface area contributed by atoms with Crippen molar-refractivity contribution in [3.05, 3.63) is 92.4 Å². The maximum Gasteiger partial charge on any atom is 0.329 e. The van der Waals surface area contributed by atoms with E-state index in [-0.39, 0.29) is 18.1 Å². The Morgan fingerprint density at radius 3 is 2.32 bits per heavy atom. The van der Waals surface area contributed by atoms with Gasteiger partial charge in [-0.25, -0.2) is 4.79 Å². The van der Waals surface area contributed by atoms with Crippen molar-refractivity contribution in [2.45, 2.75) is 27.3 Å². The van der Waals surface area contributed by atoms with Crippen LogP contribution in [0.15, 0.2) is 54.2 Å². The van der Waals surface area contributed by atoms with Crippen molar-refractivity contribution in [2.24, 2.45) is 0 Å². The fourth-order valence-electron chi connectivity index (χ4n) is 3.70. The number of aromatic nitrogens is 1. The van der Waals surface area contributed by atoms with Gasteiger partial charge in [0.1, 0.15) is 5.70 Å². The van der Waals surface area contributed by atoms with Crippen LogP contribution >= 0.6 is 23.2 Å². The Morgan fingerprint density at radius 1 is 0.935 bits per heavy atom. The van der Waals surface area contributed by atoms with Gasteiger partial charge in [-0.2, -0.15) is 0 Å². The smallest absolute Gasteiger partial charge is 0.318 e. The van der Waals surface area contributed by atoms with Gasteiger partial charge in [0.2, 0.25) is 0 Å². The molecule has 5 nitrogen and oxygen atoms in total. The molecule has 1 aliphatic heterocycles. The number of amides is 3. The van der Waals surface area contributed by atoms with E-state index < -0.39 is 6.03 Å². The second-order valence-corrected chi connectivity index (χ2v) is 8.44. The lowest BCUT2D eigenvalue weighted by molar-refractivity contribution is -0.123. The zero-order valence-corrected chi connectivity index (χ0v) is 18.9. The number of hydrogen-bond acceptors (Lipinski definition) is 2. The zero-order chi connectivity index (χ0) is 22.3. The van der Waals surface area contributed by atoms with Crippen molar-refractivity contribution in [1.29, 1.82) is 0 Å². The number of imide groups is 1. The lowest BCUT2D eigenvalue weighted by atomic mass is 10.1. The van der Waals surface area contributed by atoms with Gasteiger partial charge in [-0.05, 0) is 62.2 Å². The van der Waals surface area contributed by atoms with Crippen molar-refractivity contribution in [3.8, 4) is 5.69 Å². The Morgan fingerprint density at radius 2 is 1.65 bits per heavy atom. The molecule has 1 fully saturated rings. The van der Waals surface area contributed by atoms with Gasteiger partial charge in [-0.15, -0.1) is 0 Å². The number of nitrogens with zero attached hydrogens (tertiary/aromatic N) is 2. The number of rotatable bonds is 4. The number of benzene rings is 2. The third kappa shape index (κ3) is 4.11. The van der Waals surface area contributed by atoms with Crippen molar-refractivity contribution < 1.29 is 9.59 Å². The lowest BCUT2D eigenvalue weighted by Gasteiger charge is -2.12. The zero-order valence-electron chi connectivity index (χ0n) is 17.4. The SMILES string of the molecule is Cc1ccc(CN2C(=O)N/C(=C\c3cc(C)n(-c4ccc(Cl)c(Cl)c4)c3C)C2=O)cc1. The summed E-state index contributed by atoms with van der Waals surface area (Å²) < 4.78 is 2.03. The number of hydrogen-bond donors (Lipinski definition) is 1. The molecule has 3 amide bonds. The summed E-state index contributed by atoms with van der Waals surface area (Å²) in [5.74, 6) is -0.343. The van der Waals surface area contributed by atoms with E-state index in [1.807, 2.05) is 61.7 Å². The molecule has 1 aliphatic rings. The van der Waals surface area contributed by atoms with Gasteiger partial charge in [0.15, 0.2) is 0 Å². The predicted molar refractivity (Wildman–Crippen MR) is 124 cm³/mol. The summed E-state index contributed by atoms with van der Waals surface area (Å²) in [4.78, 5) is 26.5. The van der Waals surface area contributed by atoms with E-state index in [1.54, 1.807) is 18.2 Å². The lowest BCUT2D eigenvalue weighted by Crippen LogP contribution is -2.30. The number of carbonyl (C=O) groups excluding carboxylic acids is 2. The van der Waals surface area contributed by atoms with Crippen LogP contribution in [0.1, 0.15) is 28.1 Å². The minimum Gasteiger partial charge on any atom is -0.318 e. The number of aryl methyl sites for hydroxylation is 2. The molecule has 2 aromatic carbocycles. The van der Waals surface area contributed by atoms with Crippen LogP contribution in [0.3, 0.4) is 0 Å². The summed E-state index contributed by atoms with van der Waals surface area (Å²) >= 11 is 12.2. The molecule has 0 atom stereocenters. The largest absolute Gasteiger partial charge is 0.329 e. The predicted octanol–water partition coefficient (Wildman–Crippen LogP) is 5.80. The first-order chi connectivity index (χ1) is 14.7. The van der Waals surface area contributed by atoms with Crippen LogP contribution in [-0.2, 0) is 11.3 Å². The Bertz CT molecular complexity index is 1230. The third-order valence-electron chi connectivity index (χ3n) is 5.36. The minimum absolute atomic E-state index is 0.227. The Hall–Kier alpha value is -3.02. The van der Waals surface area contributed by atoms with Crippen LogP contribution in [0, 0.1) is 20.8 Å². The van der Waals surface area contributed by atoms with Crippen LogP contribution in [0.5, 0.6) is 0 Å². The highest BCUT2D eigenvalue weighted by Crippen LogP contribution is 2.29. The van der Waals surface area contributed by atoms with Crippen LogP contribution in [0.4, 0.5) is 4.79 Å². The maximum absolute atomic E-state index is 12.9. The summed E-state index contributed by atoms with van der Waals surface area (Å²) in [5, 5.41) is 3.65. The van der Waals surface area contributed by atoms with E-state index in [9.17, 15) is 9.59 Å². The third-order valence-corrected chi connectivity index (χ3v) is 6.09. The number of urea groups is 1. The van der Waals surface area contributed by atoms with Gasteiger partial charge >= 0.3 is 6.03 Å². The molecule has 0 spiro atoms. The van der Waals surface area contributed by atoms with Gasteiger partial charge in [0.05, 0.1) is 16.6 Å². The van der Waals surface area contributed by atoms with Gasteiger partial charge in [0.25, 0.3) is 5.91 Å². The summed E-state index contributed by atoms with van der Waals surface area (Å²) in [5.41, 5.74) is 5.87. The molecule has 1 aromatic heterocycles. The van der Waals surface area contributed by atoms with E-state index >= 15 is 0 Å². The highest BCUT2D eigenvalue weighted by atomic mass is 35.5. The highest BCUT2D eigenvalue weighted by molar-refractivity contribution is 6.42. The van der Waals surface area contributed by atoms with Crippen LogP contribution < -0.4 is 5.32 Å². The molecule has 1 saturated heterocycles. The van der Waals surface area contributed by atoms with Crippen LogP contribution in [-0.4, -0.2) is 21.4 Å². The molecule has 0 saturated carbocycles. The van der Waals surface area contributed by atoms with Gasteiger partial charge in [-0.1, -0.05) is 53.0 Å². The minimum atomic E-state index is -0.421. The summed E-state index contributed by atoms with van der Waals surface area (Å²) in [6, 6.07) is 14.7. The van der Waals surface area contributed by atoms with E-state index in [4.69, 9.17) is 23.2 Å². The molecule has 0 radical (unpaired) electrons. The molecule has 0 unspecified atom stereocenters.